The number of ketones is 1. The zero-order valence-electron chi connectivity index (χ0n) is 26.0. The molecule has 0 aromatic heterocycles. The molecule has 0 radical (unpaired) electrons. The Kier molecular flexibility index (Phi) is 11.0. The first-order valence-corrected chi connectivity index (χ1v) is 15.4. The summed E-state index contributed by atoms with van der Waals surface area (Å²) in [5, 5.41) is 8.23. The molecule has 3 N–H and O–H groups in total. The molecule has 10 heteroatoms. The maximum absolute atomic E-state index is 14.2. The number of hydrogen-bond acceptors (Lipinski definition) is 6. The molecule has 4 amide bonds. The summed E-state index contributed by atoms with van der Waals surface area (Å²) in [6.45, 7) is 17.4. The number of fused-ring (bicyclic) bond motifs is 1. The van der Waals surface area contributed by atoms with Crippen LogP contribution in [0.5, 0.6) is 0 Å². The Morgan fingerprint density at radius 1 is 1.00 bits per heavy atom. The van der Waals surface area contributed by atoms with Crippen LogP contribution in [0.15, 0.2) is 25.3 Å². The van der Waals surface area contributed by atoms with Crippen LogP contribution in [0.3, 0.4) is 0 Å². The number of carbonyl (C=O) groups excluding carboxylic acids is 5. The number of ether oxygens (including phenoxy) is 1. The monoisotopic (exact) mass is 586 g/mol. The van der Waals surface area contributed by atoms with Crippen molar-refractivity contribution in [1.29, 1.82) is 0 Å². The lowest BCUT2D eigenvalue weighted by Crippen LogP contribution is -2.59. The number of likely N-dealkylation sites (tertiary alicyclic amines) is 1. The van der Waals surface area contributed by atoms with Gasteiger partial charge in [0.25, 0.3) is 5.91 Å². The number of nitrogens with one attached hydrogen (secondary N) is 3. The van der Waals surface area contributed by atoms with E-state index in [2.05, 4.69) is 43.0 Å². The molecule has 234 valence electrons. The molecule has 3 rings (SSSR count). The minimum atomic E-state index is -1.05. The van der Waals surface area contributed by atoms with Crippen molar-refractivity contribution in [2.75, 3.05) is 13.1 Å². The first-order valence-electron chi connectivity index (χ1n) is 15.4. The van der Waals surface area contributed by atoms with Gasteiger partial charge >= 0.3 is 6.09 Å². The molecule has 0 spiro atoms. The average Bonchev–Trinajstić information content (AvgIpc) is 3.24. The Balaban J connectivity index is 1.83. The normalized spacial score (nSPS) is 24.4. The van der Waals surface area contributed by atoms with Gasteiger partial charge in [-0.2, -0.15) is 0 Å². The summed E-state index contributed by atoms with van der Waals surface area (Å²) in [5.74, 6) is -2.29. The fourth-order valence-corrected chi connectivity index (χ4v) is 6.62. The molecular formula is C32H50N4O6. The summed E-state index contributed by atoms with van der Waals surface area (Å²) < 4.78 is 5.49. The maximum atomic E-state index is 14.2. The SMILES string of the molecule is C=CCCNC(=O)C(=O)C(CCC=C)NC(=O)C1C2C(CN1C(=O)C(NC(=O)OC(C)(C)C)C1CCCCC1)C2(C)C. The summed E-state index contributed by atoms with van der Waals surface area (Å²) in [7, 11) is 0. The van der Waals surface area contributed by atoms with E-state index in [0.717, 1.165) is 32.1 Å². The largest absolute Gasteiger partial charge is 0.444 e. The van der Waals surface area contributed by atoms with Gasteiger partial charge in [0.15, 0.2) is 0 Å². The number of Topliss-reactive ketones (excluding diaryl/α,β-unsaturated/α-hetero) is 1. The summed E-state index contributed by atoms with van der Waals surface area (Å²) in [6, 6.07) is -2.68. The highest BCUT2D eigenvalue weighted by atomic mass is 16.6. The van der Waals surface area contributed by atoms with E-state index in [4.69, 9.17) is 4.74 Å². The molecule has 1 aliphatic heterocycles. The zero-order valence-corrected chi connectivity index (χ0v) is 26.0. The van der Waals surface area contributed by atoms with Crippen LogP contribution >= 0.6 is 0 Å². The van der Waals surface area contributed by atoms with Crippen LogP contribution < -0.4 is 16.0 Å². The lowest BCUT2D eigenvalue weighted by molar-refractivity contribution is -0.145. The number of piperidine rings is 1. The second-order valence-electron chi connectivity index (χ2n) is 13.5. The Morgan fingerprint density at radius 3 is 2.24 bits per heavy atom. The van der Waals surface area contributed by atoms with Gasteiger partial charge in [-0.05, 0) is 76.0 Å². The standard InChI is InChI=1S/C32H50N4O6/c1-8-10-17-22(26(37)28(39)33-18-11-9-2)34-27(38)25-23-21(32(23,6)7)19-36(25)29(40)24(20-15-13-12-14-16-20)35-30(41)42-31(3,4)5/h8-9,20-25H,1-2,10-19H2,3-7H3,(H,33,39)(H,34,38)(H,35,41). The van der Waals surface area contributed by atoms with Gasteiger partial charge in [0.2, 0.25) is 17.6 Å². The van der Waals surface area contributed by atoms with Gasteiger partial charge in [0, 0.05) is 13.1 Å². The molecule has 10 nitrogen and oxygen atoms in total. The van der Waals surface area contributed by atoms with Crippen LogP contribution in [-0.4, -0.2) is 71.3 Å². The highest BCUT2D eigenvalue weighted by molar-refractivity contribution is 6.38. The number of alkyl carbamates (subject to hydrolysis) is 1. The Bertz CT molecular complexity index is 1060. The number of rotatable bonds is 13. The van der Waals surface area contributed by atoms with Crippen molar-refractivity contribution in [3.05, 3.63) is 25.3 Å². The third kappa shape index (κ3) is 8.01. The zero-order chi connectivity index (χ0) is 31.2. The van der Waals surface area contributed by atoms with Gasteiger partial charge in [0.05, 0.1) is 6.04 Å². The number of allylic oxidation sites excluding steroid dienone is 1. The first kappa shape index (κ1) is 33.3. The van der Waals surface area contributed by atoms with Crippen molar-refractivity contribution in [3.63, 3.8) is 0 Å². The van der Waals surface area contributed by atoms with Crippen LogP contribution in [-0.2, 0) is 23.9 Å². The molecular weight excluding hydrogens is 536 g/mol. The predicted molar refractivity (Wildman–Crippen MR) is 160 cm³/mol. The van der Waals surface area contributed by atoms with Gasteiger partial charge in [-0.15, -0.1) is 13.2 Å². The third-order valence-corrected chi connectivity index (χ3v) is 8.97. The van der Waals surface area contributed by atoms with Crippen LogP contribution in [0, 0.1) is 23.2 Å². The van der Waals surface area contributed by atoms with Crippen molar-refractivity contribution >= 4 is 29.6 Å². The van der Waals surface area contributed by atoms with Crippen LogP contribution in [0.4, 0.5) is 4.79 Å². The van der Waals surface area contributed by atoms with Gasteiger partial charge in [-0.1, -0.05) is 45.3 Å². The molecule has 0 bridgehead atoms. The van der Waals surface area contributed by atoms with E-state index in [1.54, 1.807) is 37.8 Å². The van der Waals surface area contributed by atoms with E-state index in [9.17, 15) is 24.0 Å². The van der Waals surface area contributed by atoms with Crippen LogP contribution in [0.1, 0.15) is 86.0 Å². The van der Waals surface area contributed by atoms with Crippen LogP contribution in [0.2, 0.25) is 0 Å². The van der Waals surface area contributed by atoms with Gasteiger partial charge in [0.1, 0.15) is 17.7 Å². The molecule has 2 aliphatic carbocycles. The fourth-order valence-electron chi connectivity index (χ4n) is 6.62. The molecule has 5 atom stereocenters. The van der Waals surface area contributed by atoms with E-state index in [1.165, 1.54) is 0 Å². The molecule has 1 saturated heterocycles. The number of nitrogens with zero attached hydrogens (tertiary/aromatic N) is 1. The lowest BCUT2D eigenvalue weighted by atomic mass is 9.83. The molecule has 0 aromatic carbocycles. The molecule has 5 unspecified atom stereocenters. The molecule has 2 saturated carbocycles. The van der Waals surface area contributed by atoms with E-state index in [1.807, 2.05) is 0 Å². The van der Waals surface area contributed by atoms with Crippen molar-refractivity contribution in [3.8, 4) is 0 Å². The fraction of sp³-hybridized carbons (Fsp3) is 0.719. The van der Waals surface area contributed by atoms with Gasteiger partial charge in [-0.3, -0.25) is 19.2 Å². The van der Waals surface area contributed by atoms with Crippen molar-refractivity contribution < 1.29 is 28.7 Å². The number of hydrogen-bond donors (Lipinski definition) is 3. The van der Waals surface area contributed by atoms with Crippen LogP contribution in [0.25, 0.3) is 0 Å². The predicted octanol–water partition coefficient (Wildman–Crippen LogP) is 3.66. The third-order valence-electron chi connectivity index (χ3n) is 8.97. The molecule has 1 heterocycles. The Labute approximate surface area is 250 Å². The van der Waals surface area contributed by atoms with E-state index in [-0.39, 0.29) is 42.0 Å². The number of amides is 4. The molecule has 0 aromatic rings. The highest BCUT2D eigenvalue weighted by Gasteiger charge is 2.69. The van der Waals surface area contributed by atoms with Crippen molar-refractivity contribution in [2.45, 2.75) is 110 Å². The lowest BCUT2D eigenvalue weighted by Gasteiger charge is -2.37. The summed E-state index contributed by atoms with van der Waals surface area (Å²) in [4.78, 5) is 68.1. The molecule has 42 heavy (non-hydrogen) atoms. The highest BCUT2D eigenvalue weighted by Crippen LogP contribution is 2.65. The quantitative estimate of drug-likeness (QED) is 0.171. The average molecular weight is 587 g/mol. The van der Waals surface area contributed by atoms with E-state index in [0.29, 0.717) is 19.4 Å². The minimum Gasteiger partial charge on any atom is -0.444 e. The van der Waals surface area contributed by atoms with E-state index >= 15 is 0 Å². The summed E-state index contributed by atoms with van der Waals surface area (Å²) in [5.41, 5.74) is -0.878. The molecule has 3 aliphatic rings. The van der Waals surface area contributed by atoms with E-state index < -0.39 is 47.4 Å². The topological polar surface area (TPSA) is 134 Å². The summed E-state index contributed by atoms with van der Waals surface area (Å²) >= 11 is 0. The first-order chi connectivity index (χ1) is 19.7. The minimum absolute atomic E-state index is 0.0615. The smallest absolute Gasteiger partial charge is 0.408 e. The summed E-state index contributed by atoms with van der Waals surface area (Å²) in [6.07, 6.45) is 8.37. The number of carbonyl (C=O) groups is 5. The second kappa shape index (κ2) is 13.9. The Hall–Kier alpha value is -3.17. The van der Waals surface area contributed by atoms with Crippen molar-refractivity contribution in [2.24, 2.45) is 23.2 Å². The molecule has 3 fully saturated rings. The second-order valence-corrected chi connectivity index (χ2v) is 13.5. The van der Waals surface area contributed by atoms with Gasteiger partial charge in [-0.25, -0.2) is 4.79 Å². The van der Waals surface area contributed by atoms with Crippen molar-refractivity contribution in [1.82, 2.24) is 20.9 Å². The Morgan fingerprint density at radius 2 is 1.64 bits per heavy atom. The van der Waals surface area contributed by atoms with Gasteiger partial charge < -0.3 is 25.6 Å². The maximum Gasteiger partial charge on any atom is 0.408 e.